The first-order valence-corrected chi connectivity index (χ1v) is 9.02. The molecule has 3 rings (SSSR count). The summed E-state index contributed by atoms with van der Waals surface area (Å²) < 4.78 is 10.4. The molecule has 0 bridgehead atoms. The van der Waals surface area contributed by atoms with Crippen molar-refractivity contribution >= 4 is 33.5 Å². The van der Waals surface area contributed by atoms with Crippen LogP contribution >= 0.6 is 0 Å². The predicted molar refractivity (Wildman–Crippen MR) is 106 cm³/mol. The van der Waals surface area contributed by atoms with Crippen molar-refractivity contribution in [2.75, 3.05) is 38.7 Å². The van der Waals surface area contributed by atoms with E-state index in [1.807, 2.05) is 18.3 Å². The minimum absolute atomic E-state index is 0.384. The number of nitrogens with one attached hydrogen (secondary N) is 1. The SMILES string of the molecule is COC(=O)c1ccc2c(c1)nc(NCCOCCCCN)c1ccncc12. The van der Waals surface area contributed by atoms with E-state index in [1.54, 1.807) is 18.3 Å². The van der Waals surface area contributed by atoms with Gasteiger partial charge in [-0.05, 0) is 37.6 Å². The highest BCUT2D eigenvalue weighted by atomic mass is 16.5. The second-order valence-electron chi connectivity index (χ2n) is 6.14. The molecule has 3 aromatic rings. The van der Waals surface area contributed by atoms with Crippen molar-refractivity contribution in [3.63, 3.8) is 0 Å². The molecule has 0 atom stereocenters. The molecule has 0 radical (unpaired) electrons. The standard InChI is InChI=1S/C20H24N4O3/c1-26-20(25)14-4-5-15-17-13-22-8-6-16(17)19(24-18(15)12-14)23-9-11-27-10-3-2-7-21/h4-6,8,12-13H,2-3,7,9-11,21H2,1H3,(H,23,24). The molecule has 0 spiro atoms. The van der Waals surface area contributed by atoms with Crippen LogP contribution in [0.2, 0.25) is 0 Å². The molecule has 27 heavy (non-hydrogen) atoms. The van der Waals surface area contributed by atoms with Gasteiger partial charge in [0.25, 0.3) is 0 Å². The van der Waals surface area contributed by atoms with Crippen molar-refractivity contribution in [2.24, 2.45) is 5.73 Å². The van der Waals surface area contributed by atoms with E-state index in [-0.39, 0.29) is 5.97 Å². The second kappa shape index (κ2) is 9.25. The molecule has 3 N–H and O–H groups in total. The summed E-state index contributed by atoms with van der Waals surface area (Å²) in [5.74, 6) is 0.359. The monoisotopic (exact) mass is 368 g/mol. The highest BCUT2D eigenvalue weighted by Gasteiger charge is 2.12. The Balaban J connectivity index is 1.83. The molecule has 0 saturated heterocycles. The first-order chi connectivity index (χ1) is 13.2. The Morgan fingerprint density at radius 1 is 1.15 bits per heavy atom. The molecule has 0 saturated carbocycles. The van der Waals surface area contributed by atoms with Crippen LogP contribution in [0.4, 0.5) is 5.82 Å². The van der Waals surface area contributed by atoms with Crippen LogP contribution in [0.5, 0.6) is 0 Å². The van der Waals surface area contributed by atoms with Gasteiger partial charge < -0.3 is 20.5 Å². The Kier molecular flexibility index (Phi) is 6.51. The summed E-state index contributed by atoms with van der Waals surface area (Å²) in [4.78, 5) is 20.8. The van der Waals surface area contributed by atoms with E-state index in [0.29, 0.717) is 37.4 Å². The van der Waals surface area contributed by atoms with Crippen LogP contribution in [0.25, 0.3) is 21.7 Å². The first-order valence-electron chi connectivity index (χ1n) is 9.02. The van der Waals surface area contributed by atoms with Crippen molar-refractivity contribution in [1.82, 2.24) is 9.97 Å². The summed E-state index contributed by atoms with van der Waals surface area (Å²) in [6, 6.07) is 7.29. The summed E-state index contributed by atoms with van der Waals surface area (Å²) in [5, 5.41) is 6.22. The summed E-state index contributed by atoms with van der Waals surface area (Å²) in [6.45, 7) is 2.61. The zero-order valence-corrected chi connectivity index (χ0v) is 15.4. The van der Waals surface area contributed by atoms with Gasteiger partial charge >= 0.3 is 5.97 Å². The van der Waals surface area contributed by atoms with Gasteiger partial charge in [-0.1, -0.05) is 6.07 Å². The Bertz CT molecular complexity index is 930. The molecule has 1 aromatic carbocycles. The maximum Gasteiger partial charge on any atom is 0.337 e. The van der Waals surface area contributed by atoms with Crippen molar-refractivity contribution in [2.45, 2.75) is 12.8 Å². The minimum atomic E-state index is -0.384. The van der Waals surface area contributed by atoms with E-state index >= 15 is 0 Å². The number of hydrogen-bond acceptors (Lipinski definition) is 7. The Morgan fingerprint density at radius 2 is 2.04 bits per heavy atom. The van der Waals surface area contributed by atoms with Crippen LogP contribution in [0.3, 0.4) is 0 Å². The van der Waals surface area contributed by atoms with E-state index in [2.05, 4.69) is 10.3 Å². The number of nitrogens with two attached hydrogens (primary N) is 1. The average molecular weight is 368 g/mol. The van der Waals surface area contributed by atoms with Gasteiger partial charge in [0, 0.05) is 41.7 Å². The van der Waals surface area contributed by atoms with Gasteiger partial charge in [-0.25, -0.2) is 9.78 Å². The van der Waals surface area contributed by atoms with Crippen molar-refractivity contribution in [3.8, 4) is 0 Å². The number of nitrogens with zero attached hydrogens (tertiary/aromatic N) is 2. The minimum Gasteiger partial charge on any atom is -0.465 e. The molecule has 0 fully saturated rings. The topological polar surface area (TPSA) is 99.4 Å². The number of benzene rings is 1. The molecule has 7 nitrogen and oxygen atoms in total. The number of hydrogen-bond donors (Lipinski definition) is 2. The number of aromatic nitrogens is 2. The molecule has 142 valence electrons. The molecule has 2 heterocycles. The molecular weight excluding hydrogens is 344 g/mol. The largest absolute Gasteiger partial charge is 0.465 e. The number of carbonyl (C=O) groups is 1. The van der Waals surface area contributed by atoms with E-state index in [1.165, 1.54) is 7.11 Å². The third kappa shape index (κ3) is 4.50. The molecule has 2 aromatic heterocycles. The van der Waals surface area contributed by atoms with Crippen LogP contribution in [0, 0.1) is 0 Å². The van der Waals surface area contributed by atoms with Crippen LogP contribution in [-0.4, -0.2) is 49.4 Å². The third-order valence-electron chi connectivity index (χ3n) is 4.30. The molecule has 0 amide bonds. The number of carbonyl (C=O) groups excluding carboxylic acids is 1. The van der Waals surface area contributed by atoms with Crippen LogP contribution < -0.4 is 11.1 Å². The lowest BCUT2D eigenvalue weighted by atomic mass is 10.1. The number of rotatable bonds is 9. The molecular formula is C20H24N4O3. The Hall–Kier alpha value is -2.77. The fourth-order valence-electron chi connectivity index (χ4n) is 2.92. The summed E-state index contributed by atoms with van der Waals surface area (Å²) >= 11 is 0. The molecule has 0 aliphatic carbocycles. The first kappa shape index (κ1) is 19.0. The van der Waals surface area contributed by atoms with Crippen molar-refractivity contribution in [1.29, 1.82) is 0 Å². The second-order valence-corrected chi connectivity index (χ2v) is 6.14. The van der Waals surface area contributed by atoms with Gasteiger partial charge in [0.1, 0.15) is 5.82 Å². The Morgan fingerprint density at radius 3 is 2.85 bits per heavy atom. The Labute approximate surface area is 157 Å². The normalized spacial score (nSPS) is 11.0. The van der Waals surface area contributed by atoms with Gasteiger partial charge in [-0.2, -0.15) is 0 Å². The molecule has 7 heteroatoms. The van der Waals surface area contributed by atoms with E-state index in [9.17, 15) is 4.79 Å². The number of pyridine rings is 2. The third-order valence-corrected chi connectivity index (χ3v) is 4.30. The lowest BCUT2D eigenvalue weighted by Gasteiger charge is -2.12. The van der Waals surface area contributed by atoms with Gasteiger partial charge in [0.05, 0.1) is 24.8 Å². The number of methoxy groups -OCH3 is 1. The number of anilines is 1. The summed E-state index contributed by atoms with van der Waals surface area (Å²) in [5.41, 5.74) is 6.65. The summed E-state index contributed by atoms with van der Waals surface area (Å²) in [6.07, 6.45) is 5.49. The lowest BCUT2D eigenvalue weighted by Crippen LogP contribution is -2.12. The van der Waals surface area contributed by atoms with Gasteiger partial charge in [-0.15, -0.1) is 0 Å². The number of esters is 1. The average Bonchev–Trinajstić information content (AvgIpc) is 2.72. The van der Waals surface area contributed by atoms with Gasteiger partial charge in [0.15, 0.2) is 0 Å². The highest BCUT2D eigenvalue weighted by Crippen LogP contribution is 2.29. The van der Waals surface area contributed by atoms with Crippen LogP contribution in [-0.2, 0) is 9.47 Å². The van der Waals surface area contributed by atoms with Crippen molar-refractivity contribution in [3.05, 3.63) is 42.2 Å². The van der Waals surface area contributed by atoms with E-state index in [4.69, 9.17) is 20.2 Å². The summed E-state index contributed by atoms with van der Waals surface area (Å²) in [7, 11) is 1.37. The fourth-order valence-corrected chi connectivity index (χ4v) is 2.92. The fraction of sp³-hybridized carbons (Fsp3) is 0.350. The van der Waals surface area contributed by atoms with Crippen LogP contribution in [0.1, 0.15) is 23.2 Å². The number of unbranched alkanes of at least 4 members (excludes halogenated alkanes) is 1. The number of fused-ring (bicyclic) bond motifs is 3. The zero-order valence-electron chi connectivity index (χ0n) is 15.4. The highest BCUT2D eigenvalue weighted by molar-refractivity contribution is 6.10. The molecule has 0 aliphatic heterocycles. The van der Waals surface area contributed by atoms with Crippen LogP contribution in [0.15, 0.2) is 36.7 Å². The van der Waals surface area contributed by atoms with E-state index in [0.717, 1.165) is 34.8 Å². The number of ether oxygens (including phenoxy) is 2. The lowest BCUT2D eigenvalue weighted by molar-refractivity contribution is 0.0601. The molecule has 0 unspecified atom stereocenters. The van der Waals surface area contributed by atoms with Crippen molar-refractivity contribution < 1.29 is 14.3 Å². The quantitative estimate of drug-likeness (QED) is 0.340. The zero-order chi connectivity index (χ0) is 19.1. The van der Waals surface area contributed by atoms with Gasteiger partial charge in [-0.3, -0.25) is 4.98 Å². The van der Waals surface area contributed by atoms with E-state index < -0.39 is 0 Å². The maximum absolute atomic E-state index is 11.8. The molecule has 0 aliphatic rings. The smallest absolute Gasteiger partial charge is 0.337 e. The maximum atomic E-state index is 11.8. The van der Waals surface area contributed by atoms with Gasteiger partial charge in [0.2, 0.25) is 0 Å². The predicted octanol–water partition coefficient (Wildman–Crippen LogP) is 2.74.